The van der Waals surface area contributed by atoms with Gasteiger partial charge in [0.05, 0.1) is 12.1 Å². The van der Waals surface area contributed by atoms with Crippen LogP contribution in [0.5, 0.6) is 0 Å². The van der Waals surface area contributed by atoms with Gasteiger partial charge < -0.3 is 10.3 Å². The Morgan fingerprint density at radius 3 is 3.00 bits per heavy atom. The molecule has 8 nitrogen and oxygen atoms in total. The molecule has 0 radical (unpaired) electrons. The van der Waals surface area contributed by atoms with Gasteiger partial charge in [0.25, 0.3) is 5.91 Å². The number of fused-ring (bicyclic) bond motifs is 3. The smallest absolute Gasteiger partial charge is 0.272 e. The maximum absolute atomic E-state index is 13.4. The Morgan fingerprint density at radius 1 is 1.26 bits per heavy atom. The lowest BCUT2D eigenvalue weighted by Crippen LogP contribution is -2.24. The highest BCUT2D eigenvalue weighted by atomic mass is 19.1. The number of amides is 1. The molecule has 1 amide bonds. The minimum Gasteiger partial charge on any atom is -0.352 e. The van der Waals surface area contributed by atoms with Crippen LogP contribution in [0.4, 0.5) is 4.39 Å². The lowest BCUT2D eigenvalue weighted by atomic mass is 10.1. The van der Waals surface area contributed by atoms with Crippen molar-refractivity contribution >= 4 is 27.7 Å². The number of nitrogens with one attached hydrogen (secondary N) is 3. The summed E-state index contributed by atoms with van der Waals surface area (Å²) in [6, 6.07) is 6.22. The van der Waals surface area contributed by atoms with Gasteiger partial charge >= 0.3 is 0 Å². The Hall–Kier alpha value is -3.36. The molecule has 0 saturated heterocycles. The van der Waals surface area contributed by atoms with Crippen LogP contribution in [0.1, 0.15) is 16.3 Å². The van der Waals surface area contributed by atoms with Gasteiger partial charge in [-0.15, -0.1) is 10.2 Å². The lowest BCUT2D eigenvalue weighted by molar-refractivity contribution is 0.0946. The number of pyridine rings is 1. The number of H-pyrrole nitrogens is 2. The standard InChI is InChI=1S/C14H10FN7O/c15-7-1-2-8-9-3-4-16-13(12(9)18-10(8)5-7)14(23)17-6-11-19-21-22-20-11/h1-5,18H,6H2,(H,17,23)(H,19,20,21,22). The van der Waals surface area contributed by atoms with Crippen molar-refractivity contribution in [2.75, 3.05) is 0 Å². The second-order valence-electron chi connectivity index (χ2n) is 4.91. The van der Waals surface area contributed by atoms with Gasteiger partial charge in [0.15, 0.2) is 11.5 Å². The molecule has 3 N–H and O–H groups in total. The van der Waals surface area contributed by atoms with Crippen LogP contribution in [-0.4, -0.2) is 36.5 Å². The van der Waals surface area contributed by atoms with E-state index in [1.807, 2.05) is 0 Å². The quantitative estimate of drug-likeness (QED) is 0.528. The Balaban J connectivity index is 1.74. The third kappa shape index (κ3) is 2.27. The molecule has 0 bridgehead atoms. The van der Waals surface area contributed by atoms with Gasteiger partial charge in [-0.05, 0) is 24.3 Å². The summed E-state index contributed by atoms with van der Waals surface area (Å²) < 4.78 is 13.4. The van der Waals surface area contributed by atoms with E-state index in [2.05, 4.69) is 35.9 Å². The van der Waals surface area contributed by atoms with Crippen molar-refractivity contribution in [2.24, 2.45) is 0 Å². The van der Waals surface area contributed by atoms with Crippen LogP contribution in [-0.2, 0) is 6.54 Å². The lowest BCUT2D eigenvalue weighted by Gasteiger charge is -2.03. The Labute approximate surface area is 128 Å². The van der Waals surface area contributed by atoms with E-state index >= 15 is 0 Å². The van der Waals surface area contributed by atoms with E-state index < -0.39 is 0 Å². The maximum atomic E-state index is 13.4. The largest absolute Gasteiger partial charge is 0.352 e. The zero-order valence-corrected chi connectivity index (χ0v) is 11.7. The highest BCUT2D eigenvalue weighted by Gasteiger charge is 2.16. The molecule has 0 saturated carbocycles. The zero-order chi connectivity index (χ0) is 15.8. The minimum atomic E-state index is -0.382. The molecule has 0 fully saturated rings. The summed E-state index contributed by atoms with van der Waals surface area (Å²) in [4.78, 5) is 19.5. The fourth-order valence-corrected chi connectivity index (χ4v) is 2.47. The van der Waals surface area contributed by atoms with Crippen LogP contribution in [0.25, 0.3) is 21.8 Å². The van der Waals surface area contributed by atoms with E-state index in [0.717, 1.165) is 10.8 Å². The monoisotopic (exact) mass is 311 g/mol. The van der Waals surface area contributed by atoms with Gasteiger partial charge in [-0.1, -0.05) is 5.21 Å². The molecule has 0 aliphatic rings. The molecular formula is C14H10FN7O. The van der Waals surface area contributed by atoms with Crippen LogP contribution < -0.4 is 5.32 Å². The fourth-order valence-electron chi connectivity index (χ4n) is 2.47. The molecule has 4 rings (SSSR count). The van der Waals surface area contributed by atoms with E-state index in [4.69, 9.17) is 0 Å². The zero-order valence-electron chi connectivity index (χ0n) is 11.7. The molecule has 0 aliphatic heterocycles. The summed E-state index contributed by atoms with van der Waals surface area (Å²) in [5, 5.41) is 17.5. The molecule has 23 heavy (non-hydrogen) atoms. The van der Waals surface area contributed by atoms with Crippen molar-refractivity contribution in [2.45, 2.75) is 6.54 Å². The van der Waals surface area contributed by atoms with Crippen molar-refractivity contribution in [3.05, 3.63) is 47.8 Å². The van der Waals surface area contributed by atoms with Crippen LogP contribution >= 0.6 is 0 Å². The topological polar surface area (TPSA) is 112 Å². The van der Waals surface area contributed by atoms with Crippen molar-refractivity contribution in [1.82, 2.24) is 35.9 Å². The van der Waals surface area contributed by atoms with Gasteiger partial charge in [-0.3, -0.25) is 4.79 Å². The molecule has 114 valence electrons. The number of aromatic amines is 2. The molecule has 3 heterocycles. The minimum absolute atomic E-state index is 0.127. The fraction of sp³-hybridized carbons (Fsp3) is 0.0714. The van der Waals surface area contributed by atoms with Gasteiger partial charge in [-0.2, -0.15) is 5.21 Å². The molecule has 0 unspecified atom stereocenters. The Bertz CT molecular complexity index is 1010. The summed E-state index contributed by atoms with van der Waals surface area (Å²) in [5.74, 6) is -0.364. The molecule has 1 aromatic carbocycles. The van der Waals surface area contributed by atoms with Crippen LogP contribution in [0.2, 0.25) is 0 Å². The molecule has 4 aromatic rings. The average molecular weight is 311 g/mol. The van der Waals surface area contributed by atoms with Gasteiger partial charge in [0.1, 0.15) is 5.82 Å². The van der Waals surface area contributed by atoms with E-state index in [9.17, 15) is 9.18 Å². The summed E-state index contributed by atoms with van der Waals surface area (Å²) in [7, 11) is 0. The molecule has 0 atom stereocenters. The second kappa shape index (κ2) is 5.13. The average Bonchev–Trinajstić information content (AvgIpc) is 3.18. The maximum Gasteiger partial charge on any atom is 0.272 e. The number of hydrogen-bond acceptors (Lipinski definition) is 5. The first-order valence-electron chi connectivity index (χ1n) is 6.79. The molecule has 3 aromatic heterocycles. The number of rotatable bonds is 3. The Kier molecular flexibility index (Phi) is 2.97. The van der Waals surface area contributed by atoms with E-state index in [1.165, 1.54) is 12.1 Å². The number of aromatic nitrogens is 6. The molecule has 0 aliphatic carbocycles. The van der Waals surface area contributed by atoms with E-state index in [0.29, 0.717) is 16.9 Å². The highest BCUT2D eigenvalue weighted by Crippen LogP contribution is 2.27. The third-order valence-corrected chi connectivity index (χ3v) is 3.49. The van der Waals surface area contributed by atoms with Crippen molar-refractivity contribution in [3.63, 3.8) is 0 Å². The van der Waals surface area contributed by atoms with Crippen LogP contribution in [0.3, 0.4) is 0 Å². The third-order valence-electron chi connectivity index (χ3n) is 3.49. The number of nitrogens with zero attached hydrogens (tertiary/aromatic N) is 4. The number of carbonyl (C=O) groups is 1. The first kappa shape index (κ1) is 13.3. The summed E-state index contributed by atoms with van der Waals surface area (Å²) in [6.45, 7) is 0.127. The van der Waals surface area contributed by atoms with Crippen LogP contribution in [0.15, 0.2) is 30.5 Å². The van der Waals surface area contributed by atoms with Crippen molar-refractivity contribution in [3.8, 4) is 0 Å². The highest BCUT2D eigenvalue weighted by molar-refractivity contribution is 6.13. The normalized spacial score (nSPS) is 11.2. The van der Waals surface area contributed by atoms with Gasteiger partial charge in [0, 0.05) is 22.5 Å². The first-order valence-corrected chi connectivity index (χ1v) is 6.79. The summed E-state index contributed by atoms with van der Waals surface area (Å²) in [6.07, 6.45) is 1.54. The van der Waals surface area contributed by atoms with Crippen molar-refractivity contribution < 1.29 is 9.18 Å². The van der Waals surface area contributed by atoms with Gasteiger partial charge in [0.2, 0.25) is 0 Å². The Morgan fingerprint density at radius 2 is 2.17 bits per heavy atom. The summed E-state index contributed by atoms with van der Waals surface area (Å²) >= 11 is 0. The molecular weight excluding hydrogens is 301 g/mol. The SMILES string of the molecule is O=C(NCc1nn[nH]n1)c1nccc2c1[nH]c1cc(F)ccc12. The van der Waals surface area contributed by atoms with E-state index in [-0.39, 0.29) is 24.0 Å². The number of tetrazole rings is 1. The molecule has 0 spiro atoms. The van der Waals surface area contributed by atoms with Gasteiger partial charge in [-0.25, -0.2) is 9.37 Å². The van der Waals surface area contributed by atoms with E-state index in [1.54, 1.807) is 18.3 Å². The van der Waals surface area contributed by atoms with Crippen molar-refractivity contribution in [1.29, 1.82) is 0 Å². The number of benzene rings is 1. The predicted octanol–water partition coefficient (Wildman–Crippen LogP) is 1.30. The second-order valence-corrected chi connectivity index (χ2v) is 4.91. The van der Waals surface area contributed by atoms with Crippen LogP contribution in [0, 0.1) is 5.82 Å². The first-order chi connectivity index (χ1) is 11.2. The number of hydrogen-bond donors (Lipinski definition) is 3. The summed E-state index contributed by atoms with van der Waals surface area (Å²) in [5.41, 5.74) is 1.39. The predicted molar refractivity (Wildman–Crippen MR) is 78.9 cm³/mol. The molecule has 9 heteroatoms. The number of carbonyl (C=O) groups excluding carboxylic acids is 1. The number of halogens is 1.